The van der Waals surface area contributed by atoms with Gasteiger partial charge in [0.05, 0.1) is 38.4 Å². The van der Waals surface area contributed by atoms with E-state index in [1.807, 2.05) is 48.5 Å². The first kappa shape index (κ1) is 26.2. The molecule has 214 valence electrons. The van der Waals surface area contributed by atoms with E-state index in [2.05, 4.69) is 30.6 Å². The second-order valence-electron chi connectivity index (χ2n) is 9.75. The van der Waals surface area contributed by atoms with Crippen LogP contribution in [0, 0.1) is 10.1 Å². The lowest BCUT2D eigenvalue weighted by atomic mass is 10.2. The Labute approximate surface area is 245 Å². The number of hydrogen-bond acceptors (Lipinski definition) is 9. The summed E-state index contributed by atoms with van der Waals surface area (Å²) < 4.78 is 2.75. The molecule has 44 heavy (non-hydrogen) atoms. The van der Waals surface area contributed by atoms with Gasteiger partial charge < -0.3 is 5.73 Å². The van der Waals surface area contributed by atoms with Gasteiger partial charge in [-0.1, -0.05) is 36.4 Å². The van der Waals surface area contributed by atoms with Gasteiger partial charge in [0.25, 0.3) is 16.8 Å². The number of H-pyrrole nitrogens is 2. The van der Waals surface area contributed by atoms with E-state index >= 15 is 0 Å². The number of nitrogens with one attached hydrogen (secondary N) is 2. The van der Waals surface area contributed by atoms with Crippen molar-refractivity contribution in [3.63, 3.8) is 0 Å². The number of rotatable bonds is 3. The molecule has 14 nitrogen and oxygen atoms in total. The van der Waals surface area contributed by atoms with Crippen LogP contribution in [-0.4, -0.2) is 44.9 Å². The van der Waals surface area contributed by atoms with Crippen LogP contribution in [0.3, 0.4) is 0 Å². The zero-order valence-electron chi connectivity index (χ0n) is 22.6. The molecular weight excluding hydrogens is 564 g/mol. The summed E-state index contributed by atoms with van der Waals surface area (Å²) in [6, 6.07) is 27.7. The fourth-order valence-corrected chi connectivity index (χ4v) is 4.88. The molecule has 8 rings (SSSR count). The topological polar surface area (TPSA) is 196 Å². The maximum absolute atomic E-state index is 12.5. The minimum Gasteiger partial charge on any atom is -0.399 e. The quantitative estimate of drug-likeness (QED) is 0.156. The van der Waals surface area contributed by atoms with E-state index in [1.54, 1.807) is 24.3 Å². The molecule has 0 aliphatic rings. The number of fused-ring (bicyclic) bond motifs is 6. The lowest BCUT2D eigenvalue weighted by Crippen LogP contribution is -2.14. The third-order valence-corrected chi connectivity index (χ3v) is 7.06. The molecule has 0 unspecified atom stereocenters. The Morgan fingerprint density at radius 3 is 1.50 bits per heavy atom. The van der Waals surface area contributed by atoms with Crippen LogP contribution in [0.4, 0.5) is 11.4 Å². The van der Waals surface area contributed by atoms with Crippen LogP contribution in [0.15, 0.2) is 107 Å². The number of hydrogen-bond donors (Lipinski definition) is 3. The Balaban J connectivity index is 0.000000143. The van der Waals surface area contributed by atoms with E-state index in [0.717, 1.165) is 16.3 Å². The van der Waals surface area contributed by atoms with Gasteiger partial charge in [0.15, 0.2) is 11.0 Å². The molecule has 0 saturated carbocycles. The maximum Gasteiger partial charge on any atom is 0.299 e. The van der Waals surface area contributed by atoms with E-state index in [1.165, 1.54) is 33.6 Å². The van der Waals surface area contributed by atoms with Crippen molar-refractivity contribution in [3.8, 4) is 11.4 Å². The van der Waals surface area contributed by atoms with E-state index in [0.29, 0.717) is 39.1 Å². The number of aromatic amines is 2. The van der Waals surface area contributed by atoms with Gasteiger partial charge in [-0.25, -0.2) is 9.36 Å². The van der Waals surface area contributed by atoms with Crippen LogP contribution >= 0.6 is 0 Å². The molecule has 0 bridgehead atoms. The van der Waals surface area contributed by atoms with Gasteiger partial charge >= 0.3 is 0 Å². The molecule has 0 atom stereocenters. The monoisotopic (exact) mass is 584 g/mol. The van der Waals surface area contributed by atoms with Crippen molar-refractivity contribution in [3.05, 3.63) is 128 Å². The van der Waals surface area contributed by atoms with Crippen LogP contribution < -0.4 is 16.9 Å². The second kappa shape index (κ2) is 10.3. The molecular formula is C30H20N10O4. The molecule has 0 amide bonds. The van der Waals surface area contributed by atoms with Crippen molar-refractivity contribution in [2.75, 3.05) is 5.73 Å². The van der Waals surface area contributed by atoms with Crippen LogP contribution in [0.1, 0.15) is 0 Å². The van der Waals surface area contributed by atoms with Gasteiger partial charge in [-0.15, -0.1) is 20.4 Å². The van der Waals surface area contributed by atoms with Crippen LogP contribution in [-0.2, 0) is 0 Å². The van der Waals surface area contributed by atoms with Crippen molar-refractivity contribution >= 4 is 55.2 Å². The smallest absolute Gasteiger partial charge is 0.299 e. The predicted molar refractivity (Wildman–Crippen MR) is 165 cm³/mol. The first-order valence-electron chi connectivity index (χ1n) is 13.2. The normalized spacial score (nSPS) is 11.2. The van der Waals surface area contributed by atoms with Gasteiger partial charge in [0.1, 0.15) is 0 Å². The lowest BCUT2D eigenvalue weighted by Gasteiger charge is -2.01. The summed E-state index contributed by atoms with van der Waals surface area (Å²) in [7, 11) is 0. The SMILES string of the molecule is Nc1ccc(-n2[nH]c3c(nnc4ccccc43)c2=O)cc1.O=c1c2nnc3ccccc3c2[nH]n1-c1ccc([N+](=O)[O-])cc1. The van der Waals surface area contributed by atoms with E-state index in [4.69, 9.17) is 5.73 Å². The van der Waals surface area contributed by atoms with Gasteiger partial charge in [-0.2, -0.15) is 0 Å². The average Bonchev–Trinajstić information content (AvgIpc) is 3.58. The second-order valence-corrected chi connectivity index (χ2v) is 9.75. The average molecular weight is 585 g/mol. The zero-order valence-corrected chi connectivity index (χ0v) is 22.6. The third kappa shape index (κ3) is 4.39. The number of nitrogens with two attached hydrogens (primary N) is 1. The van der Waals surface area contributed by atoms with Crippen LogP contribution in [0.5, 0.6) is 0 Å². The largest absolute Gasteiger partial charge is 0.399 e. The molecule has 8 aromatic rings. The standard InChI is InChI=1S/C15H9N5O3.C15H11N5O/c21-15-14-13(11-3-1-2-4-12(11)16-17-14)18-19(15)9-5-7-10(8-6-9)20(22)23;16-9-5-7-10(8-6-9)20-15(21)14-13(19-20)11-3-1-2-4-12(11)17-18-14/h1-8,18H;1-8,19H,16H2. The van der Waals surface area contributed by atoms with Crippen molar-refractivity contribution in [2.45, 2.75) is 0 Å². The van der Waals surface area contributed by atoms with Crippen molar-refractivity contribution in [1.29, 1.82) is 0 Å². The van der Waals surface area contributed by atoms with Crippen molar-refractivity contribution < 1.29 is 4.92 Å². The summed E-state index contributed by atoms with van der Waals surface area (Å²) in [5.41, 5.74) is 10.1. The Kier molecular flexibility index (Phi) is 6.13. The van der Waals surface area contributed by atoms with E-state index in [9.17, 15) is 19.7 Å². The number of nitrogen functional groups attached to an aromatic ring is 1. The minimum absolute atomic E-state index is 0.0387. The number of nitro groups is 1. The summed E-state index contributed by atoms with van der Waals surface area (Å²) in [6.45, 7) is 0. The summed E-state index contributed by atoms with van der Waals surface area (Å²) in [6.07, 6.45) is 0. The van der Waals surface area contributed by atoms with Crippen LogP contribution in [0.25, 0.3) is 55.2 Å². The zero-order chi connectivity index (χ0) is 30.4. The van der Waals surface area contributed by atoms with E-state index in [-0.39, 0.29) is 22.3 Å². The van der Waals surface area contributed by atoms with Gasteiger partial charge in [-0.05, 0) is 48.5 Å². The third-order valence-electron chi connectivity index (χ3n) is 7.06. The van der Waals surface area contributed by atoms with Crippen molar-refractivity contribution in [2.24, 2.45) is 0 Å². The summed E-state index contributed by atoms with van der Waals surface area (Å²) in [5.74, 6) is 0. The van der Waals surface area contributed by atoms with Crippen LogP contribution in [0.2, 0.25) is 0 Å². The Bertz CT molecular complexity index is 2480. The number of nitro benzene ring substituents is 1. The lowest BCUT2D eigenvalue weighted by molar-refractivity contribution is -0.384. The highest BCUT2D eigenvalue weighted by molar-refractivity contribution is 6.01. The Hall–Kier alpha value is -6.70. The summed E-state index contributed by atoms with van der Waals surface area (Å²) in [4.78, 5) is 35.2. The highest BCUT2D eigenvalue weighted by Crippen LogP contribution is 2.21. The molecule has 0 spiro atoms. The van der Waals surface area contributed by atoms with E-state index < -0.39 is 4.92 Å². The number of anilines is 1. The number of benzene rings is 4. The first-order valence-corrected chi connectivity index (χ1v) is 13.2. The molecule has 4 aromatic heterocycles. The molecule has 0 aliphatic heterocycles. The molecule has 4 N–H and O–H groups in total. The number of aromatic nitrogens is 8. The Morgan fingerprint density at radius 1 is 0.614 bits per heavy atom. The van der Waals surface area contributed by atoms with Gasteiger partial charge in [0, 0.05) is 28.6 Å². The van der Waals surface area contributed by atoms with Gasteiger partial charge in [0.2, 0.25) is 0 Å². The molecule has 4 heterocycles. The molecule has 14 heteroatoms. The molecule has 4 aromatic carbocycles. The fraction of sp³-hybridized carbons (Fsp3) is 0. The molecule has 0 radical (unpaired) electrons. The highest BCUT2D eigenvalue weighted by Gasteiger charge is 2.15. The fourth-order valence-electron chi connectivity index (χ4n) is 4.88. The number of nitrogens with zero attached hydrogens (tertiary/aromatic N) is 7. The predicted octanol–water partition coefficient (Wildman–Crippen LogP) is 4.01. The highest BCUT2D eigenvalue weighted by atomic mass is 16.6. The maximum atomic E-state index is 12.5. The Morgan fingerprint density at radius 2 is 1.05 bits per heavy atom. The first-order chi connectivity index (χ1) is 21.4. The molecule has 0 fully saturated rings. The molecule has 0 aliphatic carbocycles. The van der Waals surface area contributed by atoms with Crippen molar-refractivity contribution in [1.82, 2.24) is 40.0 Å². The summed E-state index contributed by atoms with van der Waals surface area (Å²) >= 11 is 0. The number of non-ortho nitro benzene ring substituents is 1. The van der Waals surface area contributed by atoms with Gasteiger partial charge in [-0.3, -0.25) is 29.9 Å². The molecule has 0 saturated heterocycles. The summed E-state index contributed by atoms with van der Waals surface area (Å²) in [5, 5.41) is 34.6. The minimum atomic E-state index is -0.489.